The third-order valence-electron chi connectivity index (χ3n) is 5.54. The van der Waals surface area contributed by atoms with E-state index in [0.717, 1.165) is 47.3 Å². The van der Waals surface area contributed by atoms with Crippen LogP contribution < -0.4 is 0 Å². The number of H-pyrrole nitrogens is 1. The quantitative estimate of drug-likeness (QED) is 0.337. The summed E-state index contributed by atoms with van der Waals surface area (Å²) in [6.07, 6.45) is 2.91. The van der Waals surface area contributed by atoms with Gasteiger partial charge in [-0.15, -0.1) is 20.4 Å². The highest BCUT2D eigenvalue weighted by Crippen LogP contribution is 2.31. The summed E-state index contributed by atoms with van der Waals surface area (Å²) in [5.74, 6) is 1.49. The smallest absolute Gasteiger partial charge is 0.205 e. The number of fused-ring (bicyclic) bond motifs is 1. The first-order valence-electron chi connectivity index (χ1n) is 10.6. The van der Waals surface area contributed by atoms with Crippen LogP contribution >= 0.6 is 23.2 Å². The van der Waals surface area contributed by atoms with Crippen LogP contribution in [0.5, 0.6) is 0 Å². The van der Waals surface area contributed by atoms with Crippen molar-refractivity contribution < 1.29 is 0 Å². The molecule has 0 radical (unpaired) electrons. The number of tetrazole rings is 1. The van der Waals surface area contributed by atoms with Crippen molar-refractivity contribution >= 4 is 34.2 Å². The molecule has 0 bridgehead atoms. The Morgan fingerprint density at radius 2 is 1.67 bits per heavy atom. The molecule has 3 aromatic heterocycles. The molecule has 0 saturated heterocycles. The van der Waals surface area contributed by atoms with Crippen LogP contribution in [0.4, 0.5) is 0 Å². The Balaban J connectivity index is 1.51. The van der Waals surface area contributed by atoms with Crippen LogP contribution in [0.25, 0.3) is 33.5 Å². The van der Waals surface area contributed by atoms with E-state index in [4.69, 9.17) is 28.2 Å². The Morgan fingerprint density at radius 1 is 0.909 bits per heavy atom. The van der Waals surface area contributed by atoms with Crippen LogP contribution in [0, 0.1) is 0 Å². The standard InChI is InChI=1S/C23H20Cl2N8/c1-2-3-8-18-26-19-20(22(25)28-27-21(19)24)33(18)13-14-9-11-15(12-10-14)16-6-4-5-7-17(16)23-29-31-32-30-23/h4-7,9-12H,2-3,8,13H2,1H3,(H,29,30,31,32). The second kappa shape index (κ2) is 9.25. The number of aromatic nitrogens is 8. The molecule has 0 aliphatic heterocycles. The topological polar surface area (TPSA) is 98.1 Å². The van der Waals surface area contributed by atoms with E-state index in [9.17, 15) is 0 Å². The third kappa shape index (κ3) is 4.19. The molecule has 0 unspecified atom stereocenters. The Morgan fingerprint density at radius 3 is 2.39 bits per heavy atom. The maximum absolute atomic E-state index is 6.41. The number of aromatic amines is 1. The number of nitrogens with one attached hydrogen (secondary N) is 1. The van der Waals surface area contributed by atoms with Crippen LogP contribution in [-0.4, -0.2) is 40.4 Å². The molecular weight excluding hydrogens is 459 g/mol. The van der Waals surface area contributed by atoms with Crippen molar-refractivity contribution in [2.75, 3.05) is 0 Å². The highest BCUT2D eigenvalue weighted by Gasteiger charge is 2.18. The molecule has 3 heterocycles. The molecule has 0 spiro atoms. The Kier molecular flexibility index (Phi) is 6.02. The van der Waals surface area contributed by atoms with E-state index in [1.807, 2.05) is 24.3 Å². The molecule has 0 fully saturated rings. The van der Waals surface area contributed by atoms with Gasteiger partial charge in [0.2, 0.25) is 5.82 Å². The predicted molar refractivity (Wildman–Crippen MR) is 128 cm³/mol. The number of rotatable bonds is 7. The van der Waals surface area contributed by atoms with E-state index < -0.39 is 0 Å². The largest absolute Gasteiger partial charge is 0.321 e. The van der Waals surface area contributed by atoms with Crippen LogP contribution in [0.2, 0.25) is 10.3 Å². The van der Waals surface area contributed by atoms with Gasteiger partial charge in [-0.1, -0.05) is 85.1 Å². The van der Waals surface area contributed by atoms with Gasteiger partial charge in [0.15, 0.2) is 10.3 Å². The van der Waals surface area contributed by atoms with Crippen LogP contribution in [-0.2, 0) is 13.0 Å². The van der Waals surface area contributed by atoms with Gasteiger partial charge in [0.05, 0.1) is 0 Å². The second-order valence-electron chi connectivity index (χ2n) is 7.67. The highest BCUT2D eigenvalue weighted by molar-refractivity contribution is 6.37. The van der Waals surface area contributed by atoms with E-state index in [1.54, 1.807) is 0 Å². The Hall–Kier alpha value is -3.36. The van der Waals surface area contributed by atoms with Crippen LogP contribution in [0.3, 0.4) is 0 Å². The first-order chi connectivity index (χ1) is 16.2. The van der Waals surface area contributed by atoms with E-state index >= 15 is 0 Å². The van der Waals surface area contributed by atoms with E-state index in [1.165, 1.54) is 0 Å². The zero-order valence-electron chi connectivity index (χ0n) is 17.8. The Bertz CT molecular complexity index is 1390. The van der Waals surface area contributed by atoms with Crippen LogP contribution in [0.15, 0.2) is 48.5 Å². The summed E-state index contributed by atoms with van der Waals surface area (Å²) in [5, 5.41) is 22.9. The highest BCUT2D eigenvalue weighted by atomic mass is 35.5. The molecule has 5 aromatic rings. The normalized spacial score (nSPS) is 11.4. The molecule has 0 aliphatic carbocycles. The van der Waals surface area contributed by atoms with Crippen molar-refractivity contribution in [3.05, 3.63) is 70.2 Å². The first kappa shape index (κ1) is 21.5. The van der Waals surface area contributed by atoms with Gasteiger partial charge in [0.1, 0.15) is 16.9 Å². The summed E-state index contributed by atoms with van der Waals surface area (Å²) in [6, 6.07) is 16.4. The lowest BCUT2D eigenvalue weighted by molar-refractivity contribution is 0.689. The maximum atomic E-state index is 6.41. The van der Waals surface area contributed by atoms with Crippen molar-refractivity contribution in [1.29, 1.82) is 0 Å². The average molecular weight is 479 g/mol. The lowest BCUT2D eigenvalue weighted by Crippen LogP contribution is -2.06. The number of benzene rings is 2. The first-order valence-corrected chi connectivity index (χ1v) is 11.4. The summed E-state index contributed by atoms with van der Waals surface area (Å²) in [7, 11) is 0. The van der Waals surface area contributed by atoms with Gasteiger partial charge in [-0.2, -0.15) is 5.21 Å². The molecule has 0 atom stereocenters. The minimum atomic E-state index is 0.263. The van der Waals surface area contributed by atoms with Crippen LogP contribution in [0.1, 0.15) is 31.2 Å². The molecule has 0 saturated carbocycles. The van der Waals surface area contributed by atoms with Gasteiger partial charge in [-0.25, -0.2) is 4.98 Å². The number of halogens is 2. The number of unbranched alkanes of at least 4 members (excludes halogenated alkanes) is 1. The van der Waals surface area contributed by atoms with E-state index in [2.05, 4.69) is 66.6 Å². The molecule has 8 nitrogen and oxygen atoms in total. The summed E-state index contributed by atoms with van der Waals surface area (Å²) in [4.78, 5) is 4.73. The lowest BCUT2D eigenvalue weighted by Gasteiger charge is -2.11. The van der Waals surface area contributed by atoms with E-state index in [-0.39, 0.29) is 5.15 Å². The lowest BCUT2D eigenvalue weighted by atomic mass is 9.98. The predicted octanol–water partition coefficient (Wildman–Crippen LogP) is 5.37. The summed E-state index contributed by atoms with van der Waals surface area (Å²) < 4.78 is 2.09. The molecule has 10 heteroatoms. The fourth-order valence-corrected chi connectivity index (χ4v) is 4.31. The van der Waals surface area contributed by atoms with Gasteiger partial charge in [0, 0.05) is 18.5 Å². The van der Waals surface area contributed by atoms with Gasteiger partial charge >= 0.3 is 0 Å². The van der Waals surface area contributed by atoms with Crippen molar-refractivity contribution in [3.8, 4) is 22.5 Å². The summed E-state index contributed by atoms with van der Waals surface area (Å²) in [5.41, 5.74) is 5.43. The maximum Gasteiger partial charge on any atom is 0.205 e. The van der Waals surface area contributed by atoms with Gasteiger partial charge in [-0.05, 0) is 28.3 Å². The molecule has 2 aromatic carbocycles. The fraction of sp³-hybridized carbons (Fsp3) is 0.217. The number of hydrogen-bond donors (Lipinski definition) is 1. The SMILES string of the molecule is CCCCc1nc2c(Cl)nnc(Cl)c2n1Cc1ccc(-c2ccccc2-c2nn[nH]n2)cc1. The molecule has 0 amide bonds. The van der Waals surface area contributed by atoms with Gasteiger partial charge in [0.25, 0.3) is 0 Å². The third-order valence-corrected chi connectivity index (χ3v) is 6.05. The number of nitrogens with zero attached hydrogens (tertiary/aromatic N) is 7. The molecular formula is C23H20Cl2N8. The Labute approximate surface area is 200 Å². The molecule has 33 heavy (non-hydrogen) atoms. The number of hydrogen-bond acceptors (Lipinski definition) is 6. The average Bonchev–Trinajstić information content (AvgIpc) is 3.50. The molecule has 166 valence electrons. The zero-order chi connectivity index (χ0) is 22.8. The fourth-order valence-electron chi connectivity index (χ4n) is 3.91. The summed E-state index contributed by atoms with van der Waals surface area (Å²) in [6.45, 7) is 2.76. The number of imidazole rings is 1. The zero-order valence-corrected chi connectivity index (χ0v) is 19.3. The monoisotopic (exact) mass is 478 g/mol. The van der Waals surface area contributed by atoms with Gasteiger partial charge < -0.3 is 4.57 Å². The minimum Gasteiger partial charge on any atom is -0.321 e. The van der Waals surface area contributed by atoms with Crippen molar-refractivity contribution in [2.24, 2.45) is 0 Å². The summed E-state index contributed by atoms with van der Waals surface area (Å²) >= 11 is 12.7. The molecule has 1 N–H and O–H groups in total. The van der Waals surface area contributed by atoms with Crippen molar-refractivity contribution in [2.45, 2.75) is 32.7 Å². The molecule has 5 rings (SSSR count). The number of aryl methyl sites for hydroxylation is 1. The van der Waals surface area contributed by atoms with Crippen molar-refractivity contribution in [1.82, 2.24) is 40.4 Å². The second-order valence-corrected chi connectivity index (χ2v) is 8.39. The van der Waals surface area contributed by atoms with Gasteiger partial charge in [-0.3, -0.25) is 0 Å². The van der Waals surface area contributed by atoms with Crippen molar-refractivity contribution in [3.63, 3.8) is 0 Å². The minimum absolute atomic E-state index is 0.263. The molecule has 0 aliphatic rings. The van der Waals surface area contributed by atoms with E-state index in [0.29, 0.717) is 28.6 Å².